The summed E-state index contributed by atoms with van der Waals surface area (Å²) in [5.74, 6) is -0.910. The lowest BCUT2D eigenvalue weighted by Crippen LogP contribution is -2.64. The van der Waals surface area contributed by atoms with Crippen molar-refractivity contribution in [3.05, 3.63) is 59.9 Å². The van der Waals surface area contributed by atoms with E-state index in [1.54, 1.807) is 24.3 Å². The molecule has 4 N–H and O–H groups in total. The van der Waals surface area contributed by atoms with Crippen molar-refractivity contribution in [3.8, 4) is 5.75 Å². The summed E-state index contributed by atoms with van der Waals surface area (Å²) < 4.78 is 18.5. The van der Waals surface area contributed by atoms with E-state index < -0.39 is 29.8 Å². The van der Waals surface area contributed by atoms with Gasteiger partial charge < -0.3 is 26.0 Å². The van der Waals surface area contributed by atoms with Gasteiger partial charge in [-0.2, -0.15) is 0 Å². The molecular weight excluding hydrogens is 417 g/mol. The van der Waals surface area contributed by atoms with Crippen molar-refractivity contribution in [2.75, 3.05) is 38.6 Å². The molecule has 4 amide bonds. The highest BCUT2D eigenvalue weighted by Gasteiger charge is 2.40. The number of hydrogen-bond donors (Lipinski definition) is 3. The van der Waals surface area contributed by atoms with Gasteiger partial charge in [-0.3, -0.25) is 14.5 Å². The first kappa shape index (κ1) is 23.0. The minimum absolute atomic E-state index is 0.194. The summed E-state index contributed by atoms with van der Waals surface area (Å²) >= 11 is 0. The monoisotopic (exact) mass is 443 g/mol. The van der Waals surface area contributed by atoms with Crippen molar-refractivity contribution in [2.45, 2.75) is 12.6 Å². The van der Waals surface area contributed by atoms with Crippen LogP contribution in [-0.4, -0.2) is 67.1 Å². The number of nitrogens with two attached hydrogens (primary N) is 1. The fourth-order valence-corrected chi connectivity index (χ4v) is 3.47. The van der Waals surface area contributed by atoms with E-state index in [-0.39, 0.29) is 31.7 Å². The Labute approximate surface area is 185 Å². The van der Waals surface area contributed by atoms with E-state index >= 15 is 0 Å². The minimum Gasteiger partial charge on any atom is -0.497 e. The van der Waals surface area contributed by atoms with Crippen LogP contribution in [0, 0.1) is 5.82 Å². The number of nitrogens with one attached hydrogen (secondary N) is 2. The third-order valence-electron chi connectivity index (χ3n) is 5.00. The van der Waals surface area contributed by atoms with Gasteiger partial charge in [-0.15, -0.1) is 0 Å². The summed E-state index contributed by atoms with van der Waals surface area (Å²) in [6, 6.07) is 11.3. The van der Waals surface area contributed by atoms with Gasteiger partial charge in [-0.1, -0.05) is 6.07 Å². The van der Waals surface area contributed by atoms with Crippen LogP contribution in [0.15, 0.2) is 48.5 Å². The first-order valence-electron chi connectivity index (χ1n) is 10.2. The van der Waals surface area contributed by atoms with Crippen LogP contribution in [-0.2, 0) is 4.79 Å². The number of rotatable bonds is 6. The molecule has 32 heavy (non-hydrogen) atoms. The largest absolute Gasteiger partial charge is 0.497 e. The number of ether oxygens (including phenoxy) is 1. The third kappa shape index (κ3) is 5.33. The van der Waals surface area contributed by atoms with Crippen molar-refractivity contribution >= 4 is 23.5 Å². The predicted molar refractivity (Wildman–Crippen MR) is 117 cm³/mol. The number of amides is 4. The van der Waals surface area contributed by atoms with Crippen LogP contribution in [0.5, 0.6) is 5.75 Å². The van der Waals surface area contributed by atoms with E-state index in [4.69, 9.17) is 10.5 Å². The SMILES string of the molecule is COc1cccc(NC(=O)N2CCCN(C(=O)c3ccc(F)cc3)C2C(=O)NCCN)c1. The van der Waals surface area contributed by atoms with Crippen molar-refractivity contribution < 1.29 is 23.5 Å². The van der Waals surface area contributed by atoms with Crippen LogP contribution >= 0.6 is 0 Å². The molecule has 1 aliphatic rings. The van der Waals surface area contributed by atoms with E-state index in [9.17, 15) is 18.8 Å². The maximum Gasteiger partial charge on any atom is 0.323 e. The molecule has 2 aromatic rings. The third-order valence-corrected chi connectivity index (χ3v) is 5.00. The Bertz CT molecular complexity index is 969. The molecule has 9 nitrogen and oxygen atoms in total. The molecule has 0 aliphatic carbocycles. The van der Waals surface area contributed by atoms with E-state index in [1.807, 2.05) is 0 Å². The Morgan fingerprint density at radius 1 is 1.12 bits per heavy atom. The Balaban J connectivity index is 1.87. The van der Waals surface area contributed by atoms with Gasteiger partial charge in [0.1, 0.15) is 11.6 Å². The smallest absolute Gasteiger partial charge is 0.323 e. The van der Waals surface area contributed by atoms with Gasteiger partial charge in [0.15, 0.2) is 6.17 Å². The lowest BCUT2D eigenvalue weighted by molar-refractivity contribution is -0.132. The maximum absolute atomic E-state index is 13.3. The molecule has 0 radical (unpaired) electrons. The minimum atomic E-state index is -1.18. The zero-order valence-corrected chi connectivity index (χ0v) is 17.7. The first-order chi connectivity index (χ1) is 15.4. The molecule has 1 heterocycles. The molecule has 3 rings (SSSR count). The van der Waals surface area contributed by atoms with Crippen LogP contribution in [0.3, 0.4) is 0 Å². The lowest BCUT2D eigenvalue weighted by atomic mass is 10.1. The maximum atomic E-state index is 13.3. The Hall–Kier alpha value is -3.66. The Morgan fingerprint density at radius 2 is 1.84 bits per heavy atom. The number of nitrogens with zero attached hydrogens (tertiary/aromatic N) is 2. The van der Waals surface area contributed by atoms with Gasteiger partial charge in [0, 0.05) is 43.5 Å². The summed E-state index contributed by atoms with van der Waals surface area (Å²) in [5.41, 5.74) is 6.20. The fourth-order valence-electron chi connectivity index (χ4n) is 3.47. The summed E-state index contributed by atoms with van der Waals surface area (Å²) in [7, 11) is 1.52. The number of carbonyl (C=O) groups excluding carboxylic acids is 3. The Kier molecular flexibility index (Phi) is 7.61. The molecule has 0 bridgehead atoms. The molecule has 0 spiro atoms. The summed E-state index contributed by atoms with van der Waals surface area (Å²) in [6.45, 7) is 0.934. The van der Waals surface area contributed by atoms with Crippen LogP contribution in [0.2, 0.25) is 0 Å². The Morgan fingerprint density at radius 3 is 2.53 bits per heavy atom. The van der Waals surface area contributed by atoms with Gasteiger partial charge in [0.2, 0.25) is 0 Å². The number of benzene rings is 2. The van der Waals surface area contributed by atoms with Gasteiger partial charge in [-0.05, 0) is 42.8 Å². The summed E-state index contributed by atoms with van der Waals surface area (Å²) in [4.78, 5) is 41.8. The van der Waals surface area contributed by atoms with Gasteiger partial charge in [0.05, 0.1) is 7.11 Å². The highest BCUT2D eigenvalue weighted by atomic mass is 19.1. The van der Waals surface area contributed by atoms with E-state index in [0.29, 0.717) is 17.9 Å². The van der Waals surface area contributed by atoms with Crippen LogP contribution < -0.4 is 21.1 Å². The second kappa shape index (κ2) is 10.6. The molecule has 170 valence electrons. The van der Waals surface area contributed by atoms with Crippen LogP contribution in [0.4, 0.5) is 14.9 Å². The van der Waals surface area contributed by atoms with Gasteiger partial charge in [0.25, 0.3) is 11.8 Å². The molecule has 1 fully saturated rings. The molecular formula is C22H26FN5O4. The molecule has 1 aliphatic heterocycles. The van der Waals surface area contributed by atoms with Crippen LogP contribution in [0.1, 0.15) is 16.8 Å². The van der Waals surface area contributed by atoms with Gasteiger partial charge >= 0.3 is 6.03 Å². The molecule has 0 saturated carbocycles. The van der Waals surface area contributed by atoms with Gasteiger partial charge in [-0.25, -0.2) is 9.18 Å². The standard InChI is InChI=1S/C22H26FN5O4/c1-32-18-5-2-4-17(14-18)26-22(31)28-13-3-12-27(20(28)19(29)25-11-10-24)21(30)15-6-8-16(23)9-7-15/h2,4-9,14,20H,3,10-13,24H2,1H3,(H,25,29)(H,26,31). The van der Waals surface area contributed by atoms with Crippen molar-refractivity contribution in [1.82, 2.24) is 15.1 Å². The molecule has 0 aromatic heterocycles. The normalized spacial score (nSPS) is 15.8. The summed E-state index contributed by atoms with van der Waals surface area (Å²) in [5, 5.41) is 5.40. The highest BCUT2D eigenvalue weighted by Crippen LogP contribution is 2.22. The van der Waals surface area contributed by atoms with Crippen molar-refractivity contribution in [2.24, 2.45) is 5.73 Å². The number of halogens is 1. The quantitative estimate of drug-likeness (QED) is 0.627. The zero-order chi connectivity index (χ0) is 23.1. The van der Waals surface area contributed by atoms with E-state index in [2.05, 4.69) is 10.6 Å². The number of carbonyl (C=O) groups is 3. The zero-order valence-electron chi connectivity index (χ0n) is 17.7. The fraction of sp³-hybridized carbons (Fsp3) is 0.318. The predicted octanol–water partition coefficient (Wildman–Crippen LogP) is 1.62. The number of urea groups is 1. The first-order valence-corrected chi connectivity index (χ1v) is 10.2. The topological polar surface area (TPSA) is 117 Å². The molecule has 1 unspecified atom stereocenters. The molecule has 10 heteroatoms. The van der Waals surface area contributed by atoms with Crippen molar-refractivity contribution in [1.29, 1.82) is 0 Å². The van der Waals surface area contributed by atoms with Crippen molar-refractivity contribution in [3.63, 3.8) is 0 Å². The molecule has 2 aromatic carbocycles. The molecule has 1 atom stereocenters. The van der Waals surface area contributed by atoms with E-state index in [0.717, 1.165) is 0 Å². The average molecular weight is 443 g/mol. The average Bonchev–Trinajstić information content (AvgIpc) is 2.82. The highest BCUT2D eigenvalue weighted by molar-refractivity contribution is 6.00. The number of methoxy groups -OCH3 is 1. The number of anilines is 1. The lowest BCUT2D eigenvalue weighted by Gasteiger charge is -2.42. The summed E-state index contributed by atoms with van der Waals surface area (Å²) in [6.07, 6.45) is -0.711. The van der Waals surface area contributed by atoms with E-state index in [1.165, 1.54) is 41.2 Å². The molecule has 1 saturated heterocycles. The number of hydrogen-bond acceptors (Lipinski definition) is 5. The second-order valence-corrected chi connectivity index (χ2v) is 7.17. The van der Waals surface area contributed by atoms with Crippen LogP contribution in [0.25, 0.3) is 0 Å². The second-order valence-electron chi connectivity index (χ2n) is 7.17.